The molecule has 0 radical (unpaired) electrons. The van der Waals surface area contributed by atoms with E-state index in [0.29, 0.717) is 30.1 Å². The average molecular weight is 450 g/mol. The summed E-state index contributed by atoms with van der Waals surface area (Å²) in [6, 6.07) is 14.6. The van der Waals surface area contributed by atoms with E-state index in [1.807, 2.05) is 29.2 Å². The monoisotopic (exact) mass is 449 g/mol. The van der Waals surface area contributed by atoms with Gasteiger partial charge in [0, 0.05) is 37.5 Å². The molecule has 2 aromatic rings. The minimum Gasteiger partial charge on any atom is -0.383 e. The third-order valence-electron chi connectivity index (χ3n) is 6.80. The summed E-state index contributed by atoms with van der Waals surface area (Å²) in [4.78, 5) is 40.6. The number of rotatable bonds is 6. The Labute approximate surface area is 194 Å². The van der Waals surface area contributed by atoms with Crippen molar-refractivity contribution >= 4 is 29.1 Å². The molecular formula is C26H31N3O4. The van der Waals surface area contributed by atoms with Gasteiger partial charge in [-0.05, 0) is 48.7 Å². The maximum atomic E-state index is 13.8. The number of amides is 3. The van der Waals surface area contributed by atoms with E-state index in [-0.39, 0.29) is 17.7 Å². The Kier molecular flexibility index (Phi) is 6.79. The van der Waals surface area contributed by atoms with Crippen molar-refractivity contribution in [2.24, 2.45) is 0 Å². The van der Waals surface area contributed by atoms with Crippen LogP contribution in [-0.4, -0.2) is 48.4 Å². The summed E-state index contributed by atoms with van der Waals surface area (Å²) < 4.78 is 5.32. The fourth-order valence-corrected chi connectivity index (χ4v) is 5.41. The summed E-state index contributed by atoms with van der Waals surface area (Å²) in [7, 11) is 1.63. The summed E-state index contributed by atoms with van der Waals surface area (Å²) >= 11 is 0. The van der Waals surface area contributed by atoms with Gasteiger partial charge in [0.15, 0.2) is 0 Å². The summed E-state index contributed by atoms with van der Waals surface area (Å²) in [5, 5.41) is 5.81. The SMILES string of the molecule is COCCN1C(=O)c2ccccc2[C@H](C(=O)Nc2ccc(NC(C)=O)cc2)C12CCCCC2. The van der Waals surface area contributed by atoms with Gasteiger partial charge in [-0.1, -0.05) is 37.5 Å². The lowest BCUT2D eigenvalue weighted by atomic mass is 9.65. The lowest BCUT2D eigenvalue weighted by Crippen LogP contribution is -2.62. The van der Waals surface area contributed by atoms with Crippen molar-refractivity contribution in [2.75, 3.05) is 30.9 Å². The lowest BCUT2D eigenvalue weighted by molar-refractivity contribution is -0.122. The first kappa shape index (κ1) is 23.0. The zero-order chi connectivity index (χ0) is 23.4. The molecule has 1 fully saturated rings. The third-order valence-corrected chi connectivity index (χ3v) is 6.80. The molecule has 174 valence electrons. The van der Waals surface area contributed by atoms with Gasteiger partial charge in [0.1, 0.15) is 0 Å². The topological polar surface area (TPSA) is 87.7 Å². The molecule has 0 saturated heterocycles. The molecule has 1 aliphatic heterocycles. The minimum absolute atomic E-state index is 0.0201. The number of anilines is 2. The van der Waals surface area contributed by atoms with Crippen LogP contribution in [0.5, 0.6) is 0 Å². The summed E-state index contributed by atoms with van der Waals surface area (Å²) in [6.07, 6.45) is 4.64. The Morgan fingerprint density at radius 3 is 2.27 bits per heavy atom. The van der Waals surface area contributed by atoms with Crippen molar-refractivity contribution in [3.05, 3.63) is 59.7 Å². The maximum Gasteiger partial charge on any atom is 0.254 e. The number of ether oxygens (including phenoxy) is 1. The largest absolute Gasteiger partial charge is 0.383 e. The maximum absolute atomic E-state index is 13.8. The van der Waals surface area contributed by atoms with Crippen LogP contribution in [0.3, 0.4) is 0 Å². The van der Waals surface area contributed by atoms with Crippen molar-refractivity contribution in [1.29, 1.82) is 0 Å². The second kappa shape index (κ2) is 9.75. The van der Waals surface area contributed by atoms with Gasteiger partial charge in [0.25, 0.3) is 5.91 Å². The van der Waals surface area contributed by atoms with Crippen molar-refractivity contribution in [3.63, 3.8) is 0 Å². The van der Waals surface area contributed by atoms with Crippen LogP contribution in [0, 0.1) is 0 Å². The molecule has 0 aromatic heterocycles. The van der Waals surface area contributed by atoms with E-state index >= 15 is 0 Å². The van der Waals surface area contributed by atoms with Crippen molar-refractivity contribution in [3.8, 4) is 0 Å². The van der Waals surface area contributed by atoms with Gasteiger partial charge in [-0.25, -0.2) is 0 Å². The van der Waals surface area contributed by atoms with Crippen LogP contribution < -0.4 is 10.6 Å². The number of hydrogen-bond donors (Lipinski definition) is 2. The van der Waals surface area contributed by atoms with Gasteiger partial charge in [-0.2, -0.15) is 0 Å². The van der Waals surface area contributed by atoms with Crippen molar-refractivity contribution < 1.29 is 19.1 Å². The zero-order valence-corrected chi connectivity index (χ0v) is 19.2. The molecule has 0 unspecified atom stereocenters. The molecule has 2 aromatic carbocycles. The Morgan fingerprint density at radius 2 is 1.64 bits per heavy atom. The third kappa shape index (κ3) is 4.50. The molecule has 1 heterocycles. The number of fused-ring (bicyclic) bond motifs is 1. The molecule has 2 N–H and O–H groups in total. The predicted molar refractivity (Wildman–Crippen MR) is 127 cm³/mol. The van der Waals surface area contributed by atoms with Gasteiger partial charge < -0.3 is 20.3 Å². The molecule has 1 saturated carbocycles. The summed E-state index contributed by atoms with van der Waals surface area (Å²) in [6.45, 7) is 2.34. The Bertz CT molecular complexity index is 1030. The smallest absolute Gasteiger partial charge is 0.254 e. The predicted octanol–water partition coefficient (Wildman–Crippen LogP) is 4.17. The highest BCUT2D eigenvalue weighted by atomic mass is 16.5. The van der Waals surface area contributed by atoms with Gasteiger partial charge in [0.05, 0.1) is 18.1 Å². The van der Waals surface area contributed by atoms with E-state index in [4.69, 9.17) is 4.74 Å². The van der Waals surface area contributed by atoms with Gasteiger partial charge >= 0.3 is 0 Å². The number of carbonyl (C=O) groups excluding carboxylic acids is 3. The van der Waals surface area contributed by atoms with Gasteiger partial charge in [0.2, 0.25) is 11.8 Å². The quantitative estimate of drug-likeness (QED) is 0.693. The van der Waals surface area contributed by atoms with Crippen LogP contribution in [-0.2, 0) is 14.3 Å². The summed E-state index contributed by atoms with van der Waals surface area (Å²) in [5.74, 6) is -0.760. The number of nitrogens with zero attached hydrogens (tertiary/aromatic N) is 1. The molecule has 2 aliphatic rings. The number of carbonyl (C=O) groups is 3. The van der Waals surface area contributed by atoms with E-state index in [9.17, 15) is 14.4 Å². The van der Waals surface area contributed by atoms with E-state index in [0.717, 1.165) is 37.7 Å². The molecule has 7 heteroatoms. The first-order valence-corrected chi connectivity index (χ1v) is 11.5. The van der Waals surface area contributed by atoms with E-state index in [1.54, 1.807) is 31.4 Å². The van der Waals surface area contributed by atoms with Crippen LogP contribution >= 0.6 is 0 Å². The fourth-order valence-electron chi connectivity index (χ4n) is 5.41. The molecule has 1 aliphatic carbocycles. The standard InChI is InChI=1S/C26H31N3O4/c1-18(30)27-19-10-12-20(13-11-19)28-24(31)23-21-8-4-5-9-22(21)25(32)29(16-17-33-2)26(23)14-6-3-7-15-26/h4-5,8-13,23H,3,6-7,14-17H2,1-2H3,(H,27,30)(H,28,31)/t23-/m1/s1. The van der Waals surface area contributed by atoms with E-state index in [2.05, 4.69) is 10.6 Å². The first-order chi connectivity index (χ1) is 16.0. The van der Waals surface area contributed by atoms with Crippen LogP contribution in [0.4, 0.5) is 11.4 Å². The first-order valence-electron chi connectivity index (χ1n) is 11.5. The highest BCUT2D eigenvalue weighted by Gasteiger charge is 2.54. The second-order valence-electron chi connectivity index (χ2n) is 8.88. The van der Waals surface area contributed by atoms with Gasteiger partial charge in [-0.3, -0.25) is 14.4 Å². The normalized spacial score (nSPS) is 19.2. The van der Waals surface area contributed by atoms with E-state index in [1.165, 1.54) is 6.92 Å². The molecular weight excluding hydrogens is 418 g/mol. The van der Waals surface area contributed by atoms with E-state index < -0.39 is 11.5 Å². The molecule has 7 nitrogen and oxygen atoms in total. The Morgan fingerprint density at radius 1 is 1.00 bits per heavy atom. The molecule has 0 bridgehead atoms. The van der Waals surface area contributed by atoms with Crippen molar-refractivity contribution in [1.82, 2.24) is 4.90 Å². The van der Waals surface area contributed by atoms with Crippen LogP contribution in [0.2, 0.25) is 0 Å². The molecule has 33 heavy (non-hydrogen) atoms. The Hall–Kier alpha value is -3.19. The van der Waals surface area contributed by atoms with Crippen molar-refractivity contribution in [2.45, 2.75) is 50.5 Å². The second-order valence-corrected chi connectivity index (χ2v) is 8.88. The number of benzene rings is 2. The fraction of sp³-hybridized carbons (Fsp3) is 0.423. The number of methoxy groups -OCH3 is 1. The Balaban J connectivity index is 1.71. The number of nitrogens with one attached hydrogen (secondary N) is 2. The average Bonchev–Trinajstić information content (AvgIpc) is 2.81. The van der Waals surface area contributed by atoms with Crippen LogP contribution in [0.1, 0.15) is 60.9 Å². The summed E-state index contributed by atoms with van der Waals surface area (Å²) in [5.41, 5.74) is 2.14. The van der Waals surface area contributed by atoms with Crippen LogP contribution in [0.15, 0.2) is 48.5 Å². The highest BCUT2D eigenvalue weighted by Crippen LogP contribution is 2.49. The molecule has 1 atom stereocenters. The highest BCUT2D eigenvalue weighted by molar-refractivity contribution is 6.05. The van der Waals surface area contributed by atoms with Gasteiger partial charge in [-0.15, -0.1) is 0 Å². The van der Waals surface area contributed by atoms with Crippen LogP contribution in [0.25, 0.3) is 0 Å². The molecule has 1 spiro atoms. The lowest BCUT2D eigenvalue weighted by Gasteiger charge is -2.53. The molecule has 4 rings (SSSR count). The number of hydrogen-bond acceptors (Lipinski definition) is 4. The minimum atomic E-state index is -0.567. The zero-order valence-electron chi connectivity index (χ0n) is 19.2. The molecule has 3 amide bonds.